The summed E-state index contributed by atoms with van der Waals surface area (Å²) in [6, 6.07) is 13.4. The maximum atomic E-state index is 9.81. The smallest absolute Gasteiger partial charge is 0.125 e. The standard InChI is InChI=1S/C28H28Cl2IN7/c1-27(2,3)15-34-22-16(13-32)14-33-23-19(22)11-17(12-21(23)30)35-24(18-7-5-6-8-20(18)29)25-26(31)38(37-36-25)28(4)9-10-28/h5-8,11-12,14,24,35H,9-10,15H2,1-4H3,(H,33,34)/t24-/m0/s1. The highest BCUT2D eigenvalue weighted by atomic mass is 127. The summed E-state index contributed by atoms with van der Waals surface area (Å²) in [4.78, 5) is 4.49. The van der Waals surface area contributed by atoms with Gasteiger partial charge in [0.1, 0.15) is 21.5 Å². The zero-order valence-electron chi connectivity index (χ0n) is 21.6. The molecule has 10 heteroatoms. The first kappa shape index (κ1) is 27.0. The summed E-state index contributed by atoms with van der Waals surface area (Å²) in [5.41, 5.74) is 4.26. The lowest BCUT2D eigenvalue weighted by Crippen LogP contribution is -2.20. The van der Waals surface area contributed by atoms with Crippen molar-refractivity contribution in [1.29, 1.82) is 5.26 Å². The first-order valence-corrected chi connectivity index (χ1v) is 14.2. The Bertz CT molecular complexity index is 1560. The monoisotopic (exact) mass is 659 g/mol. The summed E-state index contributed by atoms with van der Waals surface area (Å²) in [7, 11) is 0. The molecule has 2 aromatic carbocycles. The van der Waals surface area contributed by atoms with Gasteiger partial charge in [0, 0.05) is 28.8 Å². The van der Waals surface area contributed by atoms with Gasteiger partial charge in [-0.1, -0.05) is 67.4 Å². The van der Waals surface area contributed by atoms with Crippen LogP contribution in [-0.4, -0.2) is 26.5 Å². The Morgan fingerprint density at radius 3 is 2.58 bits per heavy atom. The van der Waals surface area contributed by atoms with E-state index < -0.39 is 0 Å². The lowest BCUT2D eigenvalue weighted by atomic mass is 9.96. The highest BCUT2D eigenvalue weighted by molar-refractivity contribution is 14.1. The minimum absolute atomic E-state index is 0.00601. The Balaban J connectivity index is 1.62. The van der Waals surface area contributed by atoms with Crippen LogP contribution in [0.25, 0.3) is 10.9 Å². The minimum Gasteiger partial charge on any atom is -0.383 e. The molecule has 38 heavy (non-hydrogen) atoms. The third-order valence-corrected chi connectivity index (χ3v) is 8.41. The number of nitriles is 1. The third kappa shape index (κ3) is 5.29. The number of hydrogen-bond acceptors (Lipinski definition) is 6. The van der Waals surface area contributed by atoms with Gasteiger partial charge < -0.3 is 10.6 Å². The fourth-order valence-electron chi connectivity index (χ4n) is 4.34. The Hall–Kier alpha value is -2.61. The molecule has 4 aromatic rings. The average Bonchev–Trinajstić information content (AvgIpc) is 3.49. The lowest BCUT2D eigenvalue weighted by molar-refractivity contribution is 0.443. The molecule has 1 aliphatic carbocycles. The van der Waals surface area contributed by atoms with Crippen molar-refractivity contribution in [3.8, 4) is 6.07 Å². The van der Waals surface area contributed by atoms with E-state index in [0.717, 1.165) is 44.6 Å². The molecule has 1 aliphatic rings. The number of rotatable bonds is 7. The van der Waals surface area contributed by atoms with Gasteiger partial charge >= 0.3 is 0 Å². The van der Waals surface area contributed by atoms with Gasteiger partial charge in [-0.3, -0.25) is 4.98 Å². The van der Waals surface area contributed by atoms with E-state index in [1.807, 2.05) is 41.1 Å². The topological polar surface area (TPSA) is 91.4 Å². The zero-order valence-corrected chi connectivity index (χ0v) is 25.3. The van der Waals surface area contributed by atoms with E-state index >= 15 is 0 Å². The van der Waals surface area contributed by atoms with Crippen LogP contribution < -0.4 is 10.6 Å². The quantitative estimate of drug-likeness (QED) is 0.197. The zero-order chi connectivity index (χ0) is 27.2. The molecule has 0 spiro atoms. The summed E-state index contributed by atoms with van der Waals surface area (Å²) < 4.78 is 2.98. The molecule has 1 fully saturated rings. The molecule has 5 rings (SSSR count). The van der Waals surface area contributed by atoms with Crippen molar-refractivity contribution in [3.63, 3.8) is 0 Å². The number of anilines is 2. The van der Waals surface area contributed by atoms with Gasteiger partial charge in [0.2, 0.25) is 0 Å². The maximum Gasteiger partial charge on any atom is 0.125 e. The van der Waals surface area contributed by atoms with Crippen LogP contribution in [0.2, 0.25) is 10.0 Å². The predicted molar refractivity (Wildman–Crippen MR) is 162 cm³/mol. The van der Waals surface area contributed by atoms with Crippen molar-refractivity contribution >= 4 is 68.1 Å². The Morgan fingerprint density at radius 2 is 1.92 bits per heavy atom. The number of fused-ring (bicyclic) bond motifs is 1. The molecule has 0 unspecified atom stereocenters. The normalized spacial score (nSPS) is 15.2. The Morgan fingerprint density at radius 1 is 1.18 bits per heavy atom. The van der Waals surface area contributed by atoms with Crippen LogP contribution in [0.5, 0.6) is 0 Å². The van der Waals surface area contributed by atoms with Crippen molar-refractivity contribution in [2.75, 3.05) is 17.2 Å². The molecular weight excluding hydrogens is 632 g/mol. The fourth-order valence-corrected chi connectivity index (χ4v) is 5.95. The number of aromatic nitrogens is 4. The van der Waals surface area contributed by atoms with Crippen molar-refractivity contribution in [2.24, 2.45) is 5.41 Å². The number of nitrogens with zero attached hydrogens (tertiary/aromatic N) is 5. The number of halogens is 3. The lowest BCUT2D eigenvalue weighted by Gasteiger charge is -2.23. The van der Waals surface area contributed by atoms with Gasteiger partial charge in [0.15, 0.2) is 0 Å². The number of benzene rings is 2. The molecule has 0 saturated heterocycles. The molecule has 1 atom stereocenters. The first-order valence-electron chi connectivity index (χ1n) is 12.4. The van der Waals surface area contributed by atoms with Crippen LogP contribution in [0.15, 0.2) is 42.6 Å². The first-order chi connectivity index (χ1) is 18.0. The molecular formula is C28H28Cl2IN7. The Kier molecular flexibility index (Phi) is 7.22. The summed E-state index contributed by atoms with van der Waals surface area (Å²) >= 11 is 15.8. The average molecular weight is 660 g/mol. The number of pyridine rings is 1. The predicted octanol–water partition coefficient (Wildman–Crippen LogP) is 7.78. The van der Waals surface area contributed by atoms with Gasteiger partial charge in [-0.15, -0.1) is 5.10 Å². The van der Waals surface area contributed by atoms with E-state index in [0.29, 0.717) is 27.7 Å². The molecule has 2 aromatic heterocycles. The van der Waals surface area contributed by atoms with Crippen LogP contribution in [0, 0.1) is 20.4 Å². The summed E-state index contributed by atoms with van der Waals surface area (Å²) in [5, 5.41) is 27.9. The van der Waals surface area contributed by atoms with E-state index in [1.54, 1.807) is 6.20 Å². The largest absolute Gasteiger partial charge is 0.383 e. The van der Waals surface area contributed by atoms with E-state index in [4.69, 9.17) is 23.2 Å². The van der Waals surface area contributed by atoms with Crippen LogP contribution >= 0.6 is 45.8 Å². The van der Waals surface area contributed by atoms with E-state index in [9.17, 15) is 5.26 Å². The fraction of sp³-hybridized carbons (Fsp3) is 0.357. The second kappa shape index (κ2) is 10.2. The molecule has 7 nitrogen and oxygen atoms in total. The van der Waals surface area contributed by atoms with Gasteiger partial charge in [0.05, 0.1) is 27.3 Å². The van der Waals surface area contributed by atoms with E-state index in [1.165, 1.54) is 0 Å². The van der Waals surface area contributed by atoms with Crippen molar-refractivity contribution in [3.05, 3.63) is 73.2 Å². The van der Waals surface area contributed by atoms with Gasteiger partial charge in [-0.05, 0) is 71.5 Å². The molecule has 2 N–H and O–H groups in total. The summed E-state index contributed by atoms with van der Waals surface area (Å²) in [6.45, 7) is 9.29. The highest BCUT2D eigenvalue weighted by Gasteiger charge is 2.43. The van der Waals surface area contributed by atoms with Crippen LogP contribution in [0.1, 0.15) is 63.4 Å². The molecule has 0 amide bonds. The van der Waals surface area contributed by atoms with Gasteiger partial charge in [-0.2, -0.15) is 5.26 Å². The second-order valence-corrected chi connectivity index (χ2v) is 13.0. The summed E-state index contributed by atoms with van der Waals surface area (Å²) in [6.07, 6.45) is 3.72. The minimum atomic E-state index is -0.377. The van der Waals surface area contributed by atoms with E-state index in [-0.39, 0.29) is 17.0 Å². The third-order valence-electron chi connectivity index (χ3n) is 6.77. The second-order valence-electron chi connectivity index (χ2n) is 11.2. The molecule has 196 valence electrons. The van der Waals surface area contributed by atoms with Crippen LogP contribution in [0.4, 0.5) is 11.4 Å². The van der Waals surface area contributed by atoms with Crippen molar-refractivity contribution in [2.45, 2.75) is 52.1 Å². The summed E-state index contributed by atoms with van der Waals surface area (Å²) in [5.74, 6) is 0. The molecule has 1 saturated carbocycles. The Labute approximate surface area is 246 Å². The van der Waals surface area contributed by atoms with Crippen molar-refractivity contribution < 1.29 is 0 Å². The highest BCUT2D eigenvalue weighted by Crippen LogP contribution is 2.45. The molecule has 2 heterocycles. The molecule has 0 bridgehead atoms. The van der Waals surface area contributed by atoms with Gasteiger partial charge in [0.25, 0.3) is 0 Å². The maximum absolute atomic E-state index is 9.81. The number of nitrogens with one attached hydrogen (secondary N) is 2. The molecule has 0 radical (unpaired) electrons. The van der Waals surface area contributed by atoms with Gasteiger partial charge in [-0.25, -0.2) is 4.68 Å². The van der Waals surface area contributed by atoms with Crippen molar-refractivity contribution in [1.82, 2.24) is 20.0 Å². The van der Waals surface area contributed by atoms with E-state index in [2.05, 4.69) is 82.3 Å². The number of hydrogen-bond donors (Lipinski definition) is 2. The van der Waals surface area contributed by atoms with Crippen LogP contribution in [-0.2, 0) is 5.54 Å². The SMILES string of the molecule is CC(C)(C)CNc1c(C#N)cnc2c(Cl)cc(N[C@@H](c3ccccc3Cl)c3nnn(C4(C)CC4)c3I)cc12. The van der Waals surface area contributed by atoms with Crippen LogP contribution in [0.3, 0.4) is 0 Å². The molecule has 0 aliphatic heterocycles.